The lowest BCUT2D eigenvalue weighted by Gasteiger charge is -2.37. The molecule has 20 heavy (non-hydrogen) atoms. The highest BCUT2D eigenvalue weighted by Crippen LogP contribution is 2.36. The van der Waals surface area contributed by atoms with Crippen LogP contribution in [0, 0.1) is 17.2 Å². The first-order valence-electron chi connectivity index (χ1n) is 6.69. The third-order valence-electron chi connectivity index (χ3n) is 4.04. The molecule has 0 heterocycles. The zero-order valence-electron chi connectivity index (χ0n) is 11.3. The number of nitrogens with one attached hydrogen (secondary N) is 1. The third-order valence-corrected chi connectivity index (χ3v) is 4.35. The Morgan fingerprint density at radius 3 is 2.70 bits per heavy atom. The van der Waals surface area contributed by atoms with Crippen molar-refractivity contribution in [1.82, 2.24) is 0 Å². The second-order valence-corrected chi connectivity index (χ2v) is 5.88. The van der Waals surface area contributed by atoms with Crippen LogP contribution in [0.4, 0.5) is 5.69 Å². The van der Waals surface area contributed by atoms with E-state index in [-0.39, 0.29) is 0 Å². The molecule has 0 aromatic heterocycles. The van der Waals surface area contributed by atoms with Crippen molar-refractivity contribution >= 4 is 23.3 Å². The SMILES string of the molecule is CC1CCC(Nc2cccc(Cl)c2C#N)(C(=O)O)CC1. The molecule has 5 heteroatoms. The van der Waals surface area contributed by atoms with Gasteiger partial charge in [-0.3, -0.25) is 0 Å². The van der Waals surface area contributed by atoms with Gasteiger partial charge >= 0.3 is 5.97 Å². The molecule has 2 N–H and O–H groups in total. The highest BCUT2D eigenvalue weighted by Gasteiger charge is 2.41. The van der Waals surface area contributed by atoms with Crippen molar-refractivity contribution in [1.29, 1.82) is 5.26 Å². The number of halogens is 1. The van der Waals surface area contributed by atoms with E-state index >= 15 is 0 Å². The number of nitriles is 1. The summed E-state index contributed by atoms with van der Waals surface area (Å²) in [6.45, 7) is 2.13. The van der Waals surface area contributed by atoms with Gasteiger partial charge in [0.25, 0.3) is 0 Å². The molecule has 1 aliphatic carbocycles. The van der Waals surface area contributed by atoms with E-state index in [4.69, 9.17) is 11.6 Å². The molecule has 0 bridgehead atoms. The van der Waals surface area contributed by atoms with Crippen molar-refractivity contribution in [3.63, 3.8) is 0 Å². The molecular formula is C15H17ClN2O2. The molecule has 106 valence electrons. The molecule has 2 rings (SSSR count). The highest BCUT2D eigenvalue weighted by atomic mass is 35.5. The maximum Gasteiger partial charge on any atom is 0.329 e. The Morgan fingerprint density at radius 2 is 2.15 bits per heavy atom. The van der Waals surface area contributed by atoms with E-state index in [2.05, 4.69) is 12.2 Å². The van der Waals surface area contributed by atoms with Crippen LogP contribution in [0.5, 0.6) is 0 Å². The van der Waals surface area contributed by atoms with Gasteiger partial charge in [-0.25, -0.2) is 4.79 Å². The second kappa shape index (κ2) is 5.72. The number of hydrogen-bond acceptors (Lipinski definition) is 3. The molecule has 0 atom stereocenters. The number of carboxylic acids is 1. The first-order chi connectivity index (χ1) is 9.48. The van der Waals surface area contributed by atoms with Gasteiger partial charge in [-0.15, -0.1) is 0 Å². The number of anilines is 1. The van der Waals surface area contributed by atoms with Crippen LogP contribution in [0.25, 0.3) is 0 Å². The van der Waals surface area contributed by atoms with E-state index in [1.165, 1.54) is 0 Å². The number of aliphatic carboxylic acids is 1. The van der Waals surface area contributed by atoms with E-state index in [0.29, 0.717) is 35.0 Å². The van der Waals surface area contributed by atoms with Gasteiger partial charge in [0.2, 0.25) is 0 Å². The van der Waals surface area contributed by atoms with Gasteiger partial charge in [0, 0.05) is 0 Å². The lowest BCUT2D eigenvalue weighted by molar-refractivity contribution is -0.143. The summed E-state index contributed by atoms with van der Waals surface area (Å²) in [5, 5.41) is 22.2. The van der Waals surface area contributed by atoms with Crippen LogP contribution >= 0.6 is 11.6 Å². The average molecular weight is 293 g/mol. The van der Waals surface area contributed by atoms with E-state index in [1.54, 1.807) is 18.2 Å². The van der Waals surface area contributed by atoms with Crippen LogP contribution < -0.4 is 5.32 Å². The van der Waals surface area contributed by atoms with Crippen molar-refractivity contribution in [2.45, 2.75) is 38.1 Å². The van der Waals surface area contributed by atoms with Crippen molar-refractivity contribution in [3.8, 4) is 6.07 Å². The summed E-state index contributed by atoms with van der Waals surface area (Å²) < 4.78 is 0. The molecule has 4 nitrogen and oxygen atoms in total. The van der Waals surface area contributed by atoms with Crippen molar-refractivity contribution in [3.05, 3.63) is 28.8 Å². The van der Waals surface area contributed by atoms with Crippen molar-refractivity contribution in [2.75, 3.05) is 5.32 Å². The summed E-state index contributed by atoms with van der Waals surface area (Å²) in [5.74, 6) is -0.327. The van der Waals surface area contributed by atoms with Crippen molar-refractivity contribution < 1.29 is 9.90 Å². The Hall–Kier alpha value is -1.73. The van der Waals surface area contributed by atoms with Crippen LogP contribution in [-0.4, -0.2) is 16.6 Å². The summed E-state index contributed by atoms with van der Waals surface area (Å²) in [4.78, 5) is 11.7. The fraction of sp³-hybridized carbons (Fsp3) is 0.467. The van der Waals surface area contributed by atoms with Crippen LogP contribution in [0.1, 0.15) is 38.2 Å². The normalized spacial score (nSPS) is 25.8. The highest BCUT2D eigenvalue weighted by molar-refractivity contribution is 6.32. The average Bonchev–Trinajstić information content (AvgIpc) is 2.41. The largest absolute Gasteiger partial charge is 0.480 e. The number of rotatable bonds is 3. The number of carbonyl (C=O) groups is 1. The third kappa shape index (κ3) is 2.73. The lowest BCUT2D eigenvalue weighted by Crippen LogP contribution is -2.49. The van der Waals surface area contributed by atoms with Gasteiger partial charge in [-0.1, -0.05) is 24.6 Å². The summed E-state index contributed by atoms with van der Waals surface area (Å²) in [6, 6.07) is 7.07. The predicted molar refractivity (Wildman–Crippen MR) is 77.8 cm³/mol. The Kier molecular flexibility index (Phi) is 4.20. The molecule has 1 aromatic carbocycles. The smallest absolute Gasteiger partial charge is 0.329 e. The predicted octanol–water partition coefficient (Wildman–Crippen LogP) is 3.66. The van der Waals surface area contributed by atoms with Gasteiger partial charge in [0.15, 0.2) is 0 Å². The number of nitrogens with zero attached hydrogens (tertiary/aromatic N) is 1. The summed E-state index contributed by atoms with van der Waals surface area (Å²) >= 11 is 5.99. The van der Waals surface area contributed by atoms with E-state index in [1.807, 2.05) is 6.07 Å². The molecule has 0 unspecified atom stereocenters. The first kappa shape index (κ1) is 14.7. The number of hydrogen-bond donors (Lipinski definition) is 2. The molecule has 0 amide bonds. The minimum Gasteiger partial charge on any atom is -0.480 e. The molecule has 0 radical (unpaired) electrons. The Labute approximate surface area is 123 Å². The van der Waals surface area contributed by atoms with Gasteiger partial charge < -0.3 is 10.4 Å². The van der Waals surface area contributed by atoms with Crippen LogP contribution in [-0.2, 0) is 4.79 Å². The fourth-order valence-electron chi connectivity index (χ4n) is 2.65. The number of carboxylic acid groups (broad SMARTS) is 1. The van der Waals surface area contributed by atoms with Gasteiger partial charge in [0.1, 0.15) is 11.6 Å². The van der Waals surface area contributed by atoms with E-state index < -0.39 is 11.5 Å². The minimum absolute atomic E-state index is 0.299. The molecule has 0 saturated heterocycles. The molecule has 1 saturated carbocycles. The topological polar surface area (TPSA) is 73.1 Å². The Morgan fingerprint density at radius 1 is 1.50 bits per heavy atom. The van der Waals surface area contributed by atoms with Crippen molar-refractivity contribution in [2.24, 2.45) is 5.92 Å². The summed E-state index contributed by atoms with van der Waals surface area (Å²) in [6.07, 6.45) is 2.84. The van der Waals surface area contributed by atoms with Crippen LogP contribution in [0.3, 0.4) is 0 Å². The Bertz CT molecular complexity index is 557. The maximum atomic E-state index is 11.7. The standard InChI is InChI=1S/C15H17ClN2O2/c1-10-5-7-15(8-6-10,14(19)20)18-13-4-2-3-12(16)11(13)9-17/h2-4,10,18H,5-8H2,1H3,(H,19,20). The maximum absolute atomic E-state index is 11.7. The fourth-order valence-corrected chi connectivity index (χ4v) is 2.86. The molecular weight excluding hydrogens is 276 g/mol. The zero-order chi connectivity index (χ0) is 14.8. The lowest BCUT2D eigenvalue weighted by atomic mass is 9.77. The minimum atomic E-state index is -0.997. The summed E-state index contributed by atoms with van der Waals surface area (Å²) in [5.41, 5.74) is -0.201. The Balaban J connectivity index is 2.33. The molecule has 1 fully saturated rings. The van der Waals surface area contributed by atoms with Crippen LogP contribution in [0.2, 0.25) is 5.02 Å². The molecule has 1 aliphatic rings. The monoisotopic (exact) mass is 292 g/mol. The van der Waals surface area contributed by atoms with Crippen LogP contribution in [0.15, 0.2) is 18.2 Å². The van der Waals surface area contributed by atoms with Gasteiger partial charge in [-0.05, 0) is 43.7 Å². The van der Waals surface area contributed by atoms with E-state index in [0.717, 1.165) is 12.8 Å². The first-order valence-corrected chi connectivity index (χ1v) is 7.06. The molecule has 0 spiro atoms. The zero-order valence-corrected chi connectivity index (χ0v) is 12.1. The second-order valence-electron chi connectivity index (χ2n) is 5.47. The number of benzene rings is 1. The summed E-state index contributed by atoms with van der Waals surface area (Å²) in [7, 11) is 0. The van der Waals surface area contributed by atoms with E-state index in [9.17, 15) is 15.2 Å². The quantitative estimate of drug-likeness (QED) is 0.892. The van der Waals surface area contributed by atoms with Gasteiger partial charge in [-0.2, -0.15) is 5.26 Å². The molecule has 1 aromatic rings. The molecule has 0 aliphatic heterocycles. The van der Waals surface area contributed by atoms with Gasteiger partial charge in [0.05, 0.1) is 16.3 Å².